The third-order valence-corrected chi connectivity index (χ3v) is 6.30. The van der Waals surface area contributed by atoms with E-state index in [1.165, 1.54) is 22.1 Å². The first-order valence-electron chi connectivity index (χ1n) is 10.9. The number of rotatable bonds is 6. The van der Waals surface area contributed by atoms with E-state index in [0.29, 0.717) is 18.5 Å². The summed E-state index contributed by atoms with van der Waals surface area (Å²) in [4.78, 5) is 18.2. The average Bonchev–Trinajstić information content (AvgIpc) is 3.18. The molecule has 4 nitrogen and oxygen atoms in total. The summed E-state index contributed by atoms with van der Waals surface area (Å²) < 4.78 is 0. The monoisotopic (exact) mass is 437 g/mol. The lowest BCUT2D eigenvalue weighted by Crippen LogP contribution is -2.36. The van der Waals surface area contributed by atoms with Gasteiger partial charge in [0.05, 0.1) is 0 Å². The molecule has 0 saturated heterocycles. The van der Waals surface area contributed by atoms with Gasteiger partial charge < -0.3 is 15.2 Å². The van der Waals surface area contributed by atoms with Gasteiger partial charge in [-0.1, -0.05) is 48.5 Å². The molecule has 1 aliphatic rings. The van der Waals surface area contributed by atoms with Gasteiger partial charge in [0.15, 0.2) is 0 Å². The van der Waals surface area contributed by atoms with Crippen LogP contribution in [0.2, 0.25) is 0 Å². The zero-order valence-corrected chi connectivity index (χ0v) is 19.1. The molecule has 0 aliphatic heterocycles. The Kier molecular flexibility index (Phi) is 7.94. The van der Waals surface area contributed by atoms with Crippen molar-refractivity contribution >= 4 is 29.2 Å². The van der Waals surface area contributed by atoms with Crippen LogP contribution in [0, 0.1) is 0 Å². The summed E-state index contributed by atoms with van der Waals surface area (Å²) in [7, 11) is 4.22. The van der Waals surface area contributed by atoms with Crippen molar-refractivity contribution < 1.29 is 4.79 Å². The molecule has 2 aromatic carbocycles. The van der Waals surface area contributed by atoms with Crippen LogP contribution in [-0.4, -0.2) is 42.5 Å². The zero-order chi connectivity index (χ0) is 20.9. The van der Waals surface area contributed by atoms with Gasteiger partial charge in [-0.05, 0) is 68.5 Å². The second kappa shape index (κ2) is 10.7. The summed E-state index contributed by atoms with van der Waals surface area (Å²) >= 11 is 0. The molecule has 5 heteroatoms. The van der Waals surface area contributed by atoms with Crippen molar-refractivity contribution in [3.63, 3.8) is 0 Å². The van der Waals surface area contributed by atoms with E-state index in [1.54, 1.807) is 0 Å². The molecule has 1 fully saturated rings. The molecule has 1 heterocycles. The minimum atomic E-state index is 0. The summed E-state index contributed by atoms with van der Waals surface area (Å²) in [6, 6.07) is 19.4. The van der Waals surface area contributed by atoms with E-state index in [2.05, 4.69) is 77.8 Å². The summed E-state index contributed by atoms with van der Waals surface area (Å²) in [5.74, 6) is 0.579. The van der Waals surface area contributed by atoms with Crippen molar-refractivity contribution in [2.75, 3.05) is 20.6 Å². The Morgan fingerprint density at radius 3 is 2.65 bits per heavy atom. The summed E-state index contributed by atoms with van der Waals surface area (Å²) in [6.45, 7) is 0.643. The van der Waals surface area contributed by atoms with E-state index in [4.69, 9.17) is 0 Å². The number of benzene rings is 2. The first kappa shape index (κ1) is 23.1. The Morgan fingerprint density at radius 2 is 1.87 bits per heavy atom. The van der Waals surface area contributed by atoms with Gasteiger partial charge in [-0.2, -0.15) is 0 Å². The number of likely N-dealkylation sites (N-methyl/N-ethyl adjacent to an activating group) is 1. The number of hydrogen-bond acceptors (Lipinski definition) is 2. The van der Waals surface area contributed by atoms with Crippen molar-refractivity contribution in [1.29, 1.82) is 0 Å². The second-order valence-electron chi connectivity index (χ2n) is 8.48. The van der Waals surface area contributed by atoms with E-state index in [0.717, 1.165) is 31.2 Å². The van der Waals surface area contributed by atoms with E-state index < -0.39 is 0 Å². The molecule has 0 bridgehead atoms. The molecule has 1 amide bonds. The van der Waals surface area contributed by atoms with Gasteiger partial charge in [0.25, 0.3) is 0 Å². The number of carbonyl (C=O) groups excluding carboxylic acids is 1. The van der Waals surface area contributed by atoms with Crippen LogP contribution in [-0.2, 0) is 11.2 Å². The van der Waals surface area contributed by atoms with Gasteiger partial charge in [0, 0.05) is 35.8 Å². The molecule has 1 aromatic heterocycles. The van der Waals surface area contributed by atoms with Crippen LogP contribution in [0.5, 0.6) is 0 Å². The van der Waals surface area contributed by atoms with Crippen molar-refractivity contribution in [3.05, 3.63) is 83.6 Å². The molecule has 3 aromatic rings. The predicted molar refractivity (Wildman–Crippen MR) is 131 cm³/mol. The molecule has 31 heavy (non-hydrogen) atoms. The number of fused-ring (bicyclic) bond motifs is 1. The third-order valence-electron chi connectivity index (χ3n) is 6.30. The highest BCUT2D eigenvalue weighted by atomic mass is 35.5. The molecule has 4 rings (SSSR count). The third kappa shape index (κ3) is 5.57. The number of aromatic amines is 1. The molecular formula is C26H32ClN3O. The Labute approximate surface area is 191 Å². The number of para-hydroxylation sites is 1. The number of aromatic nitrogens is 1. The van der Waals surface area contributed by atoms with Gasteiger partial charge in [0.1, 0.15) is 0 Å². The maximum atomic E-state index is 12.6. The minimum absolute atomic E-state index is 0. The molecule has 2 N–H and O–H groups in total. The fourth-order valence-corrected chi connectivity index (χ4v) is 4.66. The molecular weight excluding hydrogens is 406 g/mol. The number of hydrogen-bond donors (Lipinski definition) is 2. The quantitative estimate of drug-likeness (QED) is 0.529. The number of halogens is 1. The van der Waals surface area contributed by atoms with E-state index in [-0.39, 0.29) is 18.3 Å². The van der Waals surface area contributed by atoms with Crippen LogP contribution in [0.15, 0.2) is 72.4 Å². The number of amides is 1. The molecule has 2 atom stereocenters. The van der Waals surface area contributed by atoms with Gasteiger partial charge in [-0.15, -0.1) is 12.4 Å². The Bertz CT molecular complexity index is 1030. The van der Waals surface area contributed by atoms with Crippen molar-refractivity contribution in [2.45, 2.75) is 37.6 Å². The fourth-order valence-electron chi connectivity index (χ4n) is 4.66. The van der Waals surface area contributed by atoms with E-state index in [1.807, 2.05) is 18.3 Å². The highest BCUT2D eigenvalue weighted by Gasteiger charge is 2.28. The lowest BCUT2D eigenvalue weighted by atomic mass is 9.78. The highest BCUT2D eigenvalue weighted by Crippen LogP contribution is 2.37. The van der Waals surface area contributed by atoms with Crippen LogP contribution in [0.1, 0.15) is 36.3 Å². The molecule has 1 saturated carbocycles. The van der Waals surface area contributed by atoms with Crippen LogP contribution in [0.25, 0.3) is 10.9 Å². The summed E-state index contributed by atoms with van der Waals surface area (Å²) in [5.41, 5.74) is 5.04. The number of nitrogens with zero attached hydrogens (tertiary/aromatic N) is 1. The zero-order valence-electron chi connectivity index (χ0n) is 18.3. The van der Waals surface area contributed by atoms with Gasteiger partial charge in [-0.3, -0.25) is 4.79 Å². The summed E-state index contributed by atoms with van der Waals surface area (Å²) in [5, 5.41) is 4.32. The van der Waals surface area contributed by atoms with Crippen molar-refractivity contribution in [1.82, 2.24) is 15.2 Å². The maximum Gasteiger partial charge on any atom is 0.244 e. The predicted octanol–water partition coefficient (Wildman–Crippen LogP) is 5.07. The van der Waals surface area contributed by atoms with Gasteiger partial charge >= 0.3 is 0 Å². The first-order valence-corrected chi connectivity index (χ1v) is 10.9. The minimum Gasteiger partial charge on any atom is -0.361 e. The first-order chi connectivity index (χ1) is 14.6. The molecule has 164 valence electrons. The largest absolute Gasteiger partial charge is 0.361 e. The van der Waals surface area contributed by atoms with Gasteiger partial charge in [-0.25, -0.2) is 0 Å². The van der Waals surface area contributed by atoms with Crippen LogP contribution < -0.4 is 5.32 Å². The molecule has 2 unspecified atom stereocenters. The average molecular weight is 438 g/mol. The lowest BCUT2D eigenvalue weighted by molar-refractivity contribution is -0.116. The Balaban J connectivity index is 0.00000272. The fraction of sp³-hybridized carbons (Fsp3) is 0.346. The standard InChI is InChI=1S/C26H31N3O.ClH/c1-29(2)25-16-20(19-8-4-3-5-9-19)12-13-21(25)17-26(30)27-15-14-22-18-28-24-11-7-6-10-23(22)24;/h3-11,17-18,20,25,28H,12-16H2,1-2H3,(H,27,30);1H/b21-17+;. The second-order valence-corrected chi connectivity index (χ2v) is 8.48. The topological polar surface area (TPSA) is 48.1 Å². The molecule has 0 radical (unpaired) electrons. The number of nitrogens with one attached hydrogen (secondary N) is 2. The van der Waals surface area contributed by atoms with E-state index >= 15 is 0 Å². The van der Waals surface area contributed by atoms with Crippen molar-refractivity contribution in [3.8, 4) is 0 Å². The molecule has 1 aliphatic carbocycles. The van der Waals surface area contributed by atoms with Crippen LogP contribution in [0.3, 0.4) is 0 Å². The summed E-state index contributed by atoms with van der Waals surface area (Å²) in [6.07, 6.45) is 7.85. The smallest absolute Gasteiger partial charge is 0.244 e. The lowest BCUT2D eigenvalue weighted by Gasteiger charge is -2.36. The normalized spacial score (nSPS) is 20.0. The van der Waals surface area contributed by atoms with Gasteiger partial charge in [0.2, 0.25) is 5.91 Å². The van der Waals surface area contributed by atoms with Crippen LogP contribution >= 0.6 is 12.4 Å². The van der Waals surface area contributed by atoms with E-state index in [9.17, 15) is 4.79 Å². The SMILES string of the molecule is CN(C)C1CC(c2ccccc2)CC/C1=C\C(=O)NCCc1c[nH]c2ccccc12.Cl. The number of H-pyrrole nitrogens is 1. The maximum absolute atomic E-state index is 12.6. The van der Waals surface area contributed by atoms with Crippen LogP contribution in [0.4, 0.5) is 0 Å². The highest BCUT2D eigenvalue weighted by molar-refractivity contribution is 5.88. The van der Waals surface area contributed by atoms with Crippen molar-refractivity contribution in [2.24, 2.45) is 0 Å². The number of carbonyl (C=O) groups is 1. The molecule has 0 spiro atoms. The Morgan fingerprint density at radius 1 is 1.13 bits per heavy atom. The Hall–Kier alpha value is -2.56.